The largest absolute Gasteiger partial charge is 0.486 e. The van der Waals surface area contributed by atoms with Gasteiger partial charge in [0.2, 0.25) is 5.91 Å². The quantitative estimate of drug-likeness (QED) is 0.728. The molecular formula is C18H27ClN2O4S. The standard InChI is InChI=1S/C18H26N2O4S.ClH/c21-18(20-8-5-14-2-1-7-19-13-14)6-11-25(22)15-3-4-16-17(12-15)24-10-9-23-16;/h3-4,12,14,19H,1-2,5-11,13H2,(H,20,21);1H. The molecule has 0 spiro atoms. The summed E-state index contributed by atoms with van der Waals surface area (Å²) in [5.41, 5.74) is 0. The van der Waals surface area contributed by atoms with Crippen LogP contribution in [0.5, 0.6) is 11.5 Å². The topological polar surface area (TPSA) is 76.7 Å². The molecule has 2 aliphatic heterocycles. The number of carbonyl (C=O) groups excluding carboxylic acids is 1. The number of fused-ring (bicyclic) bond motifs is 1. The van der Waals surface area contributed by atoms with Crippen LogP contribution < -0.4 is 20.1 Å². The number of hydrogen-bond acceptors (Lipinski definition) is 5. The summed E-state index contributed by atoms with van der Waals surface area (Å²) in [7, 11) is -1.22. The minimum absolute atomic E-state index is 0. The lowest BCUT2D eigenvalue weighted by Gasteiger charge is -2.22. The van der Waals surface area contributed by atoms with E-state index in [2.05, 4.69) is 10.6 Å². The molecule has 0 bridgehead atoms. The monoisotopic (exact) mass is 402 g/mol. The summed E-state index contributed by atoms with van der Waals surface area (Å²) >= 11 is 0. The highest BCUT2D eigenvalue weighted by atomic mass is 35.5. The summed E-state index contributed by atoms with van der Waals surface area (Å²) in [6, 6.07) is 5.30. The molecule has 2 N–H and O–H groups in total. The van der Waals surface area contributed by atoms with E-state index in [1.54, 1.807) is 18.2 Å². The Morgan fingerprint density at radius 1 is 1.27 bits per heavy atom. The third-order valence-corrected chi connectivity index (χ3v) is 5.92. The Labute approximate surface area is 163 Å². The molecule has 26 heavy (non-hydrogen) atoms. The average Bonchev–Trinajstić information content (AvgIpc) is 2.66. The first-order valence-corrected chi connectivity index (χ1v) is 10.3. The Morgan fingerprint density at radius 3 is 2.85 bits per heavy atom. The lowest BCUT2D eigenvalue weighted by molar-refractivity contribution is -0.120. The molecule has 1 aromatic carbocycles. The first-order valence-electron chi connectivity index (χ1n) is 8.98. The molecule has 0 radical (unpaired) electrons. The number of ether oxygens (including phenoxy) is 2. The van der Waals surface area contributed by atoms with Crippen molar-refractivity contribution in [1.29, 1.82) is 0 Å². The molecule has 1 fully saturated rings. The number of carbonyl (C=O) groups is 1. The number of hydrogen-bond donors (Lipinski definition) is 2. The van der Waals surface area contributed by atoms with Crippen molar-refractivity contribution in [3.05, 3.63) is 18.2 Å². The Bertz CT molecular complexity index is 623. The molecule has 6 nitrogen and oxygen atoms in total. The molecular weight excluding hydrogens is 376 g/mol. The molecule has 1 saturated heterocycles. The van der Waals surface area contributed by atoms with E-state index in [-0.39, 0.29) is 24.7 Å². The number of rotatable bonds is 7. The highest BCUT2D eigenvalue weighted by Crippen LogP contribution is 2.31. The van der Waals surface area contributed by atoms with Gasteiger partial charge in [0.15, 0.2) is 11.5 Å². The number of amides is 1. The zero-order valence-electron chi connectivity index (χ0n) is 14.8. The molecule has 8 heteroatoms. The molecule has 0 aliphatic carbocycles. The van der Waals surface area contributed by atoms with Crippen LogP contribution in [0.1, 0.15) is 25.7 Å². The van der Waals surface area contributed by atoms with Crippen LogP contribution in [0.15, 0.2) is 23.1 Å². The highest BCUT2D eigenvalue weighted by Gasteiger charge is 2.16. The minimum Gasteiger partial charge on any atom is -0.486 e. The lowest BCUT2D eigenvalue weighted by Crippen LogP contribution is -2.33. The summed E-state index contributed by atoms with van der Waals surface area (Å²) in [6.45, 7) is 3.88. The molecule has 2 unspecified atom stereocenters. The van der Waals surface area contributed by atoms with Crippen LogP contribution in [0.25, 0.3) is 0 Å². The van der Waals surface area contributed by atoms with Crippen LogP contribution in [-0.2, 0) is 15.6 Å². The maximum absolute atomic E-state index is 12.4. The van der Waals surface area contributed by atoms with E-state index < -0.39 is 10.8 Å². The molecule has 1 amide bonds. The Hall–Kier alpha value is -1.31. The average molecular weight is 403 g/mol. The van der Waals surface area contributed by atoms with Gasteiger partial charge in [0.05, 0.1) is 10.8 Å². The highest BCUT2D eigenvalue weighted by molar-refractivity contribution is 7.85. The van der Waals surface area contributed by atoms with Crippen LogP contribution in [-0.4, -0.2) is 48.7 Å². The third-order valence-electron chi connectivity index (χ3n) is 4.56. The SMILES string of the molecule is Cl.O=C(CCS(=O)c1ccc2c(c1)OCCO2)NCCC1CCCNC1. The van der Waals surface area contributed by atoms with Crippen molar-refractivity contribution in [3.63, 3.8) is 0 Å². The van der Waals surface area contributed by atoms with Crippen LogP contribution in [0.3, 0.4) is 0 Å². The van der Waals surface area contributed by atoms with Crippen molar-refractivity contribution < 1.29 is 18.5 Å². The Balaban J connectivity index is 0.00000243. The van der Waals surface area contributed by atoms with Gasteiger partial charge in [0.1, 0.15) is 13.2 Å². The maximum atomic E-state index is 12.4. The van der Waals surface area contributed by atoms with Crippen molar-refractivity contribution in [2.24, 2.45) is 5.92 Å². The van der Waals surface area contributed by atoms with Gasteiger partial charge in [-0.05, 0) is 50.4 Å². The van der Waals surface area contributed by atoms with Crippen LogP contribution in [0, 0.1) is 5.92 Å². The summed E-state index contributed by atoms with van der Waals surface area (Å²) in [4.78, 5) is 12.6. The van der Waals surface area contributed by atoms with E-state index in [9.17, 15) is 9.00 Å². The van der Waals surface area contributed by atoms with Gasteiger partial charge in [-0.15, -0.1) is 12.4 Å². The second-order valence-corrected chi connectivity index (χ2v) is 8.03. The predicted octanol–water partition coefficient (Wildman–Crippen LogP) is 1.88. The zero-order valence-corrected chi connectivity index (χ0v) is 16.5. The minimum atomic E-state index is -1.22. The van der Waals surface area contributed by atoms with E-state index in [1.165, 1.54) is 12.8 Å². The number of nitrogens with one attached hydrogen (secondary N) is 2. The second kappa shape index (κ2) is 10.7. The molecule has 2 aliphatic rings. The molecule has 146 valence electrons. The fourth-order valence-electron chi connectivity index (χ4n) is 3.14. The first-order chi connectivity index (χ1) is 12.2. The van der Waals surface area contributed by atoms with Crippen LogP contribution in [0.2, 0.25) is 0 Å². The smallest absolute Gasteiger partial charge is 0.220 e. The number of piperidine rings is 1. The number of halogens is 1. The molecule has 3 rings (SSSR count). The fraction of sp³-hybridized carbons (Fsp3) is 0.611. The van der Waals surface area contributed by atoms with E-state index in [0.717, 1.165) is 19.5 Å². The second-order valence-electron chi connectivity index (χ2n) is 6.46. The maximum Gasteiger partial charge on any atom is 0.220 e. The predicted molar refractivity (Wildman–Crippen MR) is 104 cm³/mol. The van der Waals surface area contributed by atoms with E-state index in [1.807, 2.05) is 0 Å². The van der Waals surface area contributed by atoms with Crippen molar-refractivity contribution in [3.8, 4) is 11.5 Å². The summed E-state index contributed by atoms with van der Waals surface area (Å²) in [5, 5.41) is 6.32. The Kier molecular flexibility index (Phi) is 8.68. The third kappa shape index (κ3) is 6.14. The van der Waals surface area contributed by atoms with Gasteiger partial charge in [0.25, 0.3) is 0 Å². The van der Waals surface area contributed by atoms with Gasteiger partial charge in [-0.3, -0.25) is 9.00 Å². The van der Waals surface area contributed by atoms with Crippen LogP contribution in [0.4, 0.5) is 0 Å². The summed E-state index contributed by atoms with van der Waals surface area (Å²) in [5.74, 6) is 2.25. The van der Waals surface area contributed by atoms with E-state index in [4.69, 9.17) is 9.47 Å². The van der Waals surface area contributed by atoms with Gasteiger partial charge >= 0.3 is 0 Å². The summed E-state index contributed by atoms with van der Waals surface area (Å²) < 4.78 is 23.3. The van der Waals surface area contributed by atoms with Crippen molar-refractivity contribution in [2.75, 3.05) is 38.6 Å². The van der Waals surface area contributed by atoms with Crippen molar-refractivity contribution in [1.82, 2.24) is 10.6 Å². The molecule has 1 aromatic rings. The van der Waals surface area contributed by atoms with Gasteiger partial charge in [0, 0.05) is 29.7 Å². The number of benzene rings is 1. The van der Waals surface area contributed by atoms with Gasteiger partial charge in [-0.1, -0.05) is 0 Å². The van der Waals surface area contributed by atoms with Gasteiger partial charge in [-0.2, -0.15) is 0 Å². The van der Waals surface area contributed by atoms with Gasteiger partial charge < -0.3 is 20.1 Å². The van der Waals surface area contributed by atoms with E-state index in [0.29, 0.717) is 47.8 Å². The zero-order chi connectivity index (χ0) is 17.5. The Morgan fingerprint density at radius 2 is 2.08 bits per heavy atom. The first kappa shape index (κ1) is 21.0. The molecule has 2 atom stereocenters. The summed E-state index contributed by atoms with van der Waals surface area (Å²) in [6.07, 6.45) is 3.72. The van der Waals surface area contributed by atoms with Crippen molar-refractivity contribution in [2.45, 2.75) is 30.6 Å². The van der Waals surface area contributed by atoms with E-state index >= 15 is 0 Å². The normalized spacial score (nSPS) is 19.9. The molecule has 0 aromatic heterocycles. The van der Waals surface area contributed by atoms with Gasteiger partial charge in [-0.25, -0.2) is 0 Å². The van der Waals surface area contributed by atoms with Crippen LogP contribution >= 0.6 is 12.4 Å². The fourth-order valence-corrected chi connectivity index (χ4v) is 4.21. The lowest BCUT2D eigenvalue weighted by atomic mass is 9.96. The molecule has 0 saturated carbocycles. The van der Waals surface area contributed by atoms with Crippen molar-refractivity contribution >= 4 is 29.1 Å². The molecule has 2 heterocycles.